The predicted octanol–water partition coefficient (Wildman–Crippen LogP) is 1.75. The van der Waals surface area contributed by atoms with E-state index in [0.717, 1.165) is 6.20 Å². The Morgan fingerprint density at radius 2 is 2.15 bits per heavy atom. The van der Waals surface area contributed by atoms with Crippen molar-refractivity contribution in [2.45, 2.75) is 13.8 Å². The van der Waals surface area contributed by atoms with Crippen molar-refractivity contribution in [2.75, 3.05) is 12.3 Å². The lowest BCUT2D eigenvalue weighted by molar-refractivity contribution is 0.0526. The highest BCUT2D eigenvalue weighted by molar-refractivity contribution is 5.95. The molecular weight excluding hydrogens is 263 g/mol. The molecule has 0 amide bonds. The Morgan fingerprint density at radius 1 is 1.40 bits per heavy atom. The van der Waals surface area contributed by atoms with Crippen LogP contribution in [-0.4, -0.2) is 27.5 Å². The van der Waals surface area contributed by atoms with Crippen molar-refractivity contribution < 1.29 is 13.9 Å². The van der Waals surface area contributed by atoms with Gasteiger partial charge in [-0.1, -0.05) is 0 Å². The second-order valence-electron chi connectivity index (χ2n) is 3.97. The summed E-state index contributed by atoms with van der Waals surface area (Å²) in [4.78, 5) is 23.8. The van der Waals surface area contributed by atoms with E-state index in [1.54, 1.807) is 13.8 Å². The highest BCUT2D eigenvalue weighted by Crippen LogP contribution is 2.19. The predicted molar refractivity (Wildman–Crippen MR) is 70.3 cm³/mol. The number of esters is 1. The lowest BCUT2D eigenvalue weighted by atomic mass is 10.2. The Labute approximate surface area is 114 Å². The number of nitrogens with two attached hydrogens (primary N) is 1. The van der Waals surface area contributed by atoms with Gasteiger partial charge in [0, 0.05) is 0 Å². The summed E-state index contributed by atoms with van der Waals surface area (Å²) in [5.74, 6) is -0.784. The summed E-state index contributed by atoms with van der Waals surface area (Å²) in [5.41, 5.74) is 6.66. The molecule has 0 unspecified atom stereocenters. The van der Waals surface area contributed by atoms with Gasteiger partial charge in [-0.05, 0) is 26.0 Å². The number of aryl methyl sites for hydroxylation is 1. The quantitative estimate of drug-likeness (QED) is 0.859. The molecule has 0 atom stereocenters. The van der Waals surface area contributed by atoms with Crippen LogP contribution < -0.4 is 5.73 Å². The van der Waals surface area contributed by atoms with E-state index < -0.39 is 11.8 Å². The van der Waals surface area contributed by atoms with Gasteiger partial charge in [0.05, 0.1) is 18.5 Å². The molecule has 2 aromatic heterocycles. The SMILES string of the molecule is CCOC(=O)c1c(C)nc(-c2ccc(F)cn2)nc1N. The number of nitrogens with zero attached hydrogens (tertiary/aromatic N) is 3. The number of nitrogen functional groups attached to an aromatic ring is 1. The second kappa shape index (κ2) is 5.60. The van der Waals surface area contributed by atoms with Gasteiger partial charge in [0.15, 0.2) is 5.82 Å². The van der Waals surface area contributed by atoms with E-state index in [0.29, 0.717) is 11.4 Å². The molecule has 0 spiro atoms. The summed E-state index contributed by atoms with van der Waals surface area (Å²) in [6.45, 7) is 3.55. The van der Waals surface area contributed by atoms with Crippen LogP contribution in [-0.2, 0) is 4.74 Å². The minimum absolute atomic E-state index is 0.0112. The molecule has 7 heteroatoms. The number of ether oxygens (including phenoxy) is 1. The first-order valence-electron chi connectivity index (χ1n) is 5.96. The summed E-state index contributed by atoms with van der Waals surface area (Å²) < 4.78 is 17.7. The normalized spacial score (nSPS) is 10.3. The fraction of sp³-hybridized carbons (Fsp3) is 0.231. The molecule has 0 bridgehead atoms. The molecule has 2 rings (SSSR count). The first-order valence-corrected chi connectivity index (χ1v) is 5.96. The fourth-order valence-corrected chi connectivity index (χ4v) is 1.67. The third-order valence-electron chi connectivity index (χ3n) is 2.55. The van der Waals surface area contributed by atoms with E-state index in [1.165, 1.54) is 12.1 Å². The molecule has 0 saturated heterocycles. The van der Waals surface area contributed by atoms with Crippen LogP contribution in [0, 0.1) is 12.7 Å². The topological polar surface area (TPSA) is 91.0 Å². The molecule has 104 valence electrons. The molecule has 0 aromatic carbocycles. The lowest BCUT2D eigenvalue weighted by Crippen LogP contribution is -2.13. The van der Waals surface area contributed by atoms with Gasteiger partial charge in [-0.3, -0.25) is 0 Å². The van der Waals surface area contributed by atoms with Crippen molar-refractivity contribution in [1.82, 2.24) is 15.0 Å². The maximum atomic E-state index is 12.8. The summed E-state index contributed by atoms with van der Waals surface area (Å²) in [7, 11) is 0. The Kier molecular flexibility index (Phi) is 3.88. The van der Waals surface area contributed by atoms with Crippen LogP contribution in [0.2, 0.25) is 0 Å². The first kappa shape index (κ1) is 13.9. The van der Waals surface area contributed by atoms with E-state index >= 15 is 0 Å². The van der Waals surface area contributed by atoms with Gasteiger partial charge in [-0.2, -0.15) is 0 Å². The smallest absolute Gasteiger partial charge is 0.343 e. The maximum Gasteiger partial charge on any atom is 0.343 e. The summed E-state index contributed by atoms with van der Waals surface area (Å²) in [6, 6.07) is 2.68. The highest BCUT2D eigenvalue weighted by atomic mass is 19.1. The lowest BCUT2D eigenvalue weighted by Gasteiger charge is -2.09. The molecule has 0 aliphatic heterocycles. The van der Waals surface area contributed by atoms with Crippen molar-refractivity contribution in [3.05, 3.63) is 35.4 Å². The number of halogens is 1. The van der Waals surface area contributed by atoms with Gasteiger partial charge in [0.25, 0.3) is 0 Å². The van der Waals surface area contributed by atoms with Crippen molar-refractivity contribution in [1.29, 1.82) is 0 Å². The number of anilines is 1. The molecule has 2 N–H and O–H groups in total. The number of rotatable bonds is 3. The van der Waals surface area contributed by atoms with E-state index in [2.05, 4.69) is 15.0 Å². The van der Waals surface area contributed by atoms with E-state index in [9.17, 15) is 9.18 Å². The zero-order chi connectivity index (χ0) is 14.7. The molecule has 0 aliphatic rings. The Balaban J connectivity index is 2.44. The number of aromatic nitrogens is 3. The molecule has 2 heterocycles. The zero-order valence-corrected chi connectivity index (χ0v) is 11.1. The monoisotopic (exact) mass is 276 g/mol. The van der Waals surface area contributed by atoms with Gasteiger partial charge in [-0.25, -0.2) is 24.1 Å². The molecule has 0 fully saturated rings. The van der Waals surface area contributed by atoms with Crippen LogP contribution in [0.5, 0.6) is 0 Å². The average molecular weight is 276 g/mol. The maximum absolute atomic E-state index is 12.8. The van der Waals surface area contributed by atoms with Crippen LogP contribution in [0.25, 0.3) is 11.5 Å². The fourth-order valence-electron chi connectivity index (χ4n) is 1.67. The van der Waals surface area contributed by atoms with Gasteiger partial charge < -0.3 is 10.5 Å². The minimum Gasteiger partial charge on any atom is -0.462 e. The number of hydrogen-bond donors (Lipinski definition) is 1. The third kappa shape index (κ3) is 2.71. The molecule has 0 aliphatic carbocycles. The van der Waals surface area contributed by atoms with E-state index in [-0.39, 0.29) is 23.8 Å². The number of hydrogen-bond acceptors (Lipinski definition) is 6. The standard InChI is InChI=1S/C13H13FN4O2/c1-3-20-13(19)10-7(2)17-12(18-11(10)15)9-5-4-8(14)6-16-9/h4-6H,3H2,1-2H3,(H2,15,17,18). The number of carbonyl (C=O) groups excluding carboxylic acids is 1. The first-order chi connectivity index (χ1) is 9.52. The van der Waals surface area contributed by atoms with Crippen LogP contribution in [0.4, 0.5) is 10.2 Å². The average Bonchev–Trinajstić information content (AvgIpc) is 2.39. The second-order valence-corrected chi connectivity index (χ2v) is 3.97. The molecular formula is C13H13FN4O2. The number of pyridine rings is 1. The van der Waals surface area contributed by atoms with Crippen LogP contribution in [0.1, 0.15) is 23.0 Å². The zero-order valence-electron chi connectivity index (χ0n) is 11.1. The molecule has 0 saturated carbocycles. The van der Waals surface area contributed by atoms with Crippen molar-refractivity contribution in [2.24, 2.45) is 0 Å². The summed E-state index contributed by atoms with van der Waals surface area (Å²) in [6.07, 6.45) is 1.06. The Bertz CT molecular complexity index is 620. The third-order valence-corrected chi connectivity index (χ3v) is 2.55. The minimum atomic E-state index is -0.568. The van der Waals surface area contributed by atoms with Gasteiger partial charge in [0.1, 0.15) is 22.9 Å². The largest absolute Gasteiger partial charge is 0.462 e. The Morgan fingerprint density at radius 3 is 2.70 bits per heavy atom. The van der Waals surface area contributed by atoms with Crippen molar-refractivity contribution >= 4 is 11.8 Å². The van der Waals surface area contributed by atoms with E-state index in [1.807, 2.05) is 0 Å². The molecule has 0 radical (unpaired) electrons. The van der Waals surface area contributed by atoms with Crippen LogP contribution >= 0.6 is 0 Å². The van der Waals surface area contributed by atoms with Crippen LogP contribution in [0.3, 0.4) is 0 Å². The number of carbonyl (C=O) groups is 1. The van der Waals surface area contributed by atoms with Gasteiger partial charge >= 0.3 is 5.97 Å². The van der Waals surface area contributed by atoms with Crippen molar-refractivity contribution in [3.8, 4) is 11.5 Å². The molecule has 20 heavy (non-hydrogen) atoms. The molecule has 6 nitrogen and oxygen atoms in total. The van der Waals surface area contributed by atoms with E-state index in [4.69, 9.17) is 10.5 Å². The van der Waals surface area contributed by atoms with Gasteiger partial charge in [0.2, 0.25) is 0 Å². The van der Waals surface area contributed by atoms with Crippen LogP contribution in [0.15, 0.2) is 18.3 Å². The Hall–Kier alpha value is -2.57. The highest BCUT2D eigenvalue weighted by Gasteiger charge is 2.18. The van der Waals surface area contributed by atoms with Crippen molar-refractivity contribution in [3.63, 3.8) is 0 Å². The summed E-state index contributed by atoms with van der Waals surface area (Å²) in [5, 5.41) is 0. The van der Waals surface area contributed by atoms with Gasteiger partial charge in [-0.15, -0.1) is 0 Å². The molecule has 2 aromatic rings. The summed E-state index contributed by atoms with van der Waals surface area (Å²) >= 11 is 0.